The molecule has 0 fully saturated rings. The molecule has 0 unspecified atom stereocenters. The van der Waals surface area contributed by atoms with Crippen molar-refractivity contribution in [3.05, 3.63) is 0 Å². The highest BCUT2D eigenvalue weighted by atomic mass is 35.9. The molecule has 0 heterocycles. The lowest BCUT2D eigenvalue weighted by atomic mass is 11.0. The smallest absolute Gasteiger partial charge is 0.0781 e. The predicted molar refractivity (Wildman–Crippen MR) is 29.2 cm³/mol. The third-order valence-corrected chi connectivity index (χ3v) is 2.15. The van der Waals surface area contributed by atoms with E-state index in [9.17, 15) is 0 Å². The molecule has 0 bridgehead atoms. The monoisotopic (exact) mass is 130 g/mol. The van der Waals surface area contributed by atoms with E-state index in [1.807, 2.05) is 6.92 Å². The van der Waals surface area contributed by atoms with E-state index in [4.69, 9.17) is 22.5 Å². The van der Waals surface area contributed by atoms with Crippen molar-refractivity contribution >= 4 is 29.1 Å². The average Bonchev–Trinajstić information content (AvgIpc) is 1.38. The molecule has 0 aromatic carbocycles. The molecule has 32 valence electrons. The Morgan fingerprint density at radius 2 is 1.80 bits per heavy atom. The summed E-state index contributed by atoms with van der Waals surface area (Å²) < 4.78 is 0. The molecule has 5 heavy (non-hydrogen) atoms. The molecule has 0 radical (unpaired) electrons. The summed E-state index contributed by atoms with van der Waals surface area (Å²) in [5, 5.41) is 0. The summed E-state index contributed by atoms with van der Waals surface area (Å²) in [6.45, 7) is 1.31. The van der Waals surface area contributed by atoms with E-state index in [1.165, 1.54) is 0 Å². The van der Waals surface area contributed by atoms with Crippen molar-refractivity contribution in [2.24, 2.45) is 0 Å². The van der Waals surface area contributed by atoms with Gasteiger partial charge in [0.05, 0.1) is 6.63 Å². The molecule has 0 aromatic rings. The molecule has 0 aliphatic rings. The first-order valence-corrected chi connectivity index (χ1v) is 4.70. The highest BCUT2D eigenvalue weighted by Gasteiger charge is 1.86. The minimum atomic E-state index is -0.654. The molecule has 0 aromatic heterocycles. The van der Waals surface area contributed by atoms with Gasteiger partial charge < -0.3 is 0 Å². The Kier molecular flexibility index (Phi) is 3.86. The molecule has 0 saturated carbocycles. The van der Waals surface area contributed by atoms with Crippen LogP contribution in [0.1, 0.15) is 6.92 Å². The molecule has 0 aliphatic heterocycles. The summed E-state index contributed by atoms with van der Waals surface area (Å²) in [5.74, 6) is 0. The van der Waals surface area contributed by atoms with Gasteiger partial charge in [-0.1, -0.05) is 29.4 Å². The fourth-order valence-electron chi connectivity index (χ4n) is 0. The zero-order valence-electron chi connectivity index (χ0n) is 2.91. The topological polar surface area (TPSA) is 0 Å². The van der Waals surface area contributed by atoms with Gasteiger partial charge in [-0.15, -0.1) is 0 Å². The second-order valence-corrected chi connectivity index (χ2v) is 4.83. The highest BCUT2D eigenvalue weighted by molar-refractivity contribution is 8.03. The molecule has 0 atom stereocenters. The van der Waals surface area contributed by atoms with Crippen LogP contribution < -0.4 is 0 Å². The van der Waals surface area contributed by atoms with Crippen molar-refractivity contribution in [2.45, 2.75) is 6.92 Å². The second kappa shape index (κ2) is 3.21. The van der Waals surface area contributed by atoms with E-state index in [0.29, 0.717) is 0 Å². The van der Waals surface area contributed by atoms with Gasteiger partial charge in [-0.2, -0.15) is 0 Å². The van der Waals surface area contributed by atoms with Gasteiger partial charge in [0.2, 0.25) is 0 Å². The van der Waals surface area contributed by atoms with Crippen LogP contribution in [0.4, 0.5) is 0 Å². The zero-order chi connectivity index (χ0) is 4.28. The van der Waals surface area contributed by atoms with E-state index < -0.39 is 6.63 Å². The molecular formula is C2H5Cl2P. The summed E-state index contributed by atoms with van der Waals surface area (Å²) in [6, 6.07) is 0. The summed E-state index contributed by atoms with van der Waals surface area (Å²) >= 11 is 10.6. The summed E-state index contributed by atoms with van der Waals surface area (Å²) in [5.41, 5.74) is 0. The molecule has 0 aliphatic carbocycles. The maximum Gasteiger partial charge on any atom is 0.0851 e. The molecular weight excluding hydrogens is 126 g/mol. The molecule has 0 rings (SSSR count). The highest BCUT2D eigenvalue weighted by Crippen LogP contribution is 2.45. The normalized spacial score (nSPS) is 9.60. The van der Waals surface area contributed by atoms with Crippen LogP contribution >= 0.6 is 29.1 Å². The van der Waals surface area contributed by atoms with E-state index >= 15 is 0 Å². The Morgan fingerprint density at radius 1 is 1.60 bits per heavy atom. The Morgan fingerprint density at radius 3 is 1.80 bits per heavy atom. The van der Waals surface area contributed by atoms with Gasteiger partial charge in [0.1, 0.15) is 0 Å². The Balaban J connectivity index is 2.54. The van der Waals surface area contributed by atoms with Crippen molar-refractivity contribution in [3.8, 4) is 0 Å². The van der Waals surface area contributed by atoms with Gasteiger partial charge >= 0.3 is 0 Å². The Hall–Kier alpha value is 1.01. The fraction of sp³-hybridized carbons (Fsp3) is 1.00. The van der Waals surface area contributed by atoms with Crippen LogP contribution in [0.15, 0.2) is 0 Å². The van der Waals surface area contributed by atoms with Gasteiger partial charge in [0.15, 0.2) is 0 Å². The quantitative estimate of drug-likeness (QED) is 0.480. The third-order valence-electron chi connectivity index (χ3n) is 0.239. The Labute approximate surface area is 42.8 Å². The van der Waals surface area contributed by atoms with E-state index in [0.717, 1.165) is 6.16 Å². The SMILES string of the molecule is CCP(Cl)Cl. The van der Waals surface area contributed by atoms with Crippen LogP contribution in [0, 0.1) is 0 Å². The molecule has 0 N–H and O–H groups in total. The predicted octanol–water partition coefficient (Wildman–Crippen LogP) is 2.80. The van der Waals surface area contributed by atoms with Crippen LogP contribution in [-0.2, 0) is 0 Å². The lowest BCUT2D eigenvalue weighted by molar-refractivity contribution is 1.53. The number of rotatable bonds is 1. The van der Waals surface area contributed by atoms with Gasteiger partial charge in [0, 0.05) is 0 Å². The number of hydrogen-bond donors (Lipinski definition) is 0. The van der Waals surface area contributed by atoms with E-state index in [2.05, 4.69) is 0 Å². The van der Waals surface area contributed by atoms with Crippen molar-refractivity contribution in [2.75, 3.05) is 6.16 Å². The van der Waals surface area contributed by atoms with Crippen molar-refractivity contribution < 1.29 is 0 Å². The fourth-order valence-corrected chi connectivity index (χ4v) is 0. The zero-order valence-corrected chi connectivity index (χ0v) is 5.32. The maximum absolute atomic E-state index is 5.29. The first kappa shape index (κ1) is 6.01. The summed E-state index contributed by atoms with van der Waals surface area (Å²) in [7, 11) is 0. The lowest BCUT2D eigenvalue weighted by Gasteiger charge is -1.84. The van der Waals surface area contributed by atoms with Gasteiger partial charge in [-0.25, -0.2) is 0 Å². The van der Waals surface area contributed by atoms with Gasteiger partial charge in [-0.3, -0.25) is 0 Å². The average molecular weight is 131 g/mol. The van der Waals surface area contributed by atoms with Crippen LogP contribution in [0.3, 0.4) is 0 Å². The van der Waals surface area contributed by atoms with E-state index in [1.54, 1.807) is 0 Å². The first-order chi connectivity index (χ1) is 2.27. The molecule has 3 heteroatoms. The first-order valence-electron chi connectivity index (χ1n) is 1.36. The van der Waals surface area contributed by atoms with Crippen LogP contribution in [0.5, 0.6) is 0 Å². The largest absolute Gasteiger partial charge is 0.0851 e. The maximum atomic E-state index is 5.29. The van der Waals surface area contributed by atoms with Crippen molar-refractivity contribution in [1.82, 2.24) is 0 Å². The van der Waals surface area contributed by atoms with E-state index in [-0.39, 0.29) is 0 Å². The van der Waals surface area contributed by atoms with Crippen LogP contribution in [0.25, 0.3) is 0 Å². The van der Waals surface area contributed by atoms with Gasteiger partial charge in [0.25, 0.3) is 0 Å². The van der Waals surface area contributed by atoms with Crippen LogP contribution in [-0.4, -0.2) is 6.16 Å². The third kappa shape index (κ3) is 5.01. The van der Waals surface area contributed by atoms with Gasteiger partial charge in [-0.05, 0) is 6.16 Å². The number of halogens is 2. The minimum absolute atomic E-state index is 0.654. The molecule has 0 amide bonds. The minimum Gasteiger partial charge on any atom is -0.0781 e. The van der Waals surface area contributed by atoms with Crippen LogP contribution in [0.2, 0.25) is 0 Å². The lowest BCUT2D eigenvalue weighted by Crippen LogP contribution is -1.50. The Bertz CT molecular complexity index is 21.6. The second-order valence-electron chi connectivity index (χ2n) is 0.619. The molecule has 0 nitrogen and oxygen atoms in total. The number of hydrogen-bond acceptors (Lipinski definition) is 0. The summed E-state index contributed by atoms with van der Waals surface area (Å²) in [4.78, 5) is 0. The summed E-state index contributed by atoms with van der Waals surface area (Å²) in [6.07, 6.45) is 0.901. The van der Waals surface area contributed by atoms with Crippen molar-refractivity contribution in [1.29, 1.82) is 0 Å². The molecule has 0 saturated heterocycles. The van der Waals surface area contributed by atoms with Crippen molar-refractivity contribution in [3.63, 3.8) is 0 Å². The standard InChI is InChI=1S/C2H5Cl2P/c1-2-5(3)4/h2H2,1H3. The molecule has 0 spiro atoms.